The minimum absolute atomic E-state index is 0.313. The number of carbonyl (C=O) groups excluding carboxylic acids is 1. The van der Waals surface area contributed by atoms with Gasteiger partial charge in [0.1, 0.15) is 5.82 Å². The van der Waals surface area contributed by atoms with Crippen molar-refractivity contribution in [3.63, 3.8) is 0 Å². The first-order valence-electron chi connectivity index (χ1n) is 8.02. The summed E-state index contributed by atoms with van der Waals surface area (Å²) in [6, 6.07) is 14.4. The zero-order chi connectivity index (χ0) is 19.2. The number of carbonyl (C=O) groups is 1. The Hall–Kier alpha value is -2.51. The summed E-state index contributed by atoms with van der Waals surface area (Å²) in [6.45, 7) is 1.43. The normalized spacial score (nSPS) is 13.1. The van der Waals surface area contributed by atoms with Gasteiger partial charge in [0.25, 0.3) is 0 Å². The Kier molecular flexibility index (Phi) is 6.65. The highest BCUT2D eigenvalue weighted by Crippen LogP contribution is 2.13. The van der Waals surface area contributed by atoms with Crippen LogP contribution in [-0.2, 0) is 14.8 Å². The molecule has 1 N–H and O–H groups in total. The molecule has 2 aromatic carbocycles. The Labute approximate surface area is 153 Å². The zero-order valence-corrected chi connectivity index (χ0v) is 15.4. The summed E-state index contributed by atoms with van der Waals surface area (Å²) in [4.78, 5) is 12.1. The lowest BCUT2D eigenvalue weighted by Crippen LogP contribution is -2.38. The molecule has 0 radical (unpaired) electrons. The quantitative estimate of drug-likeness (QED) is 0.808. The van der Waals surface area contributed by atoms with Crippen molar-refractivity contribution in [3.05, 3.63) is 76.9 Å². The number of sulfonamides is 1. The predicted molar refractivity (Wildman–Crippen MR) is 100.0 cm³/mol. The summed E-state index contributed by atoms with van der Waals surface area (Å²) < 4.78 is 38.4. The monoisotopic (exact) mass is 376 g/mol. The van der Waals surface area contributed by atoms with E-state index < -0.39 is 15.9 Å². The van der Waals surface area contributed by atoms with Crippen LogP contribution in [0.3, 0.4) is 0 Å². The van der Waals surface area contributed by atoms with E-state index in [2.05, 4.69) is 5.32 Å². The summed E-state index contributed by atoms with van der Waals surface area (Å²) in [6.07, 6.45) is 1.48. The zero-order valence-electron chi connectivity index (χ0n) is 14.6. The number of rotatable bonds is 7. The van der Waals surface area contributed by atoms with E-state index in [9.17, 15) is 17.6 Å². The fraction of sp³-hybridized carbons (Fsp3) is 0.211. The summed E-state index contributed by atoms with van der Waals surface area (Å²) in [5.74, 6) is -0.802. The topological polar surface area (TPSA) is 66.5 Å². The molecule has 2 aromatic rings. The van der Waals surface area contributed by atoms with Crippen molar-refractivity contribution in [2.45, 2.75) is 13.0 Å². The molecule has 0 saturated heterocycles. The van der Waals surface area contributed by atoms with Gasteiger partial charge in [0.05, 0.1) is 12.6 Å². The van der Waals surface area contributed by atoms with E-state index in [1.54, 1.807) is 43.3 Å². The molecule has 7 heteroatoms. The van der Waals surface area contributed by atoms with Crippen LogP contribution >= 0.6 is 0 Å². The fourth-order valence-electron chi connectivity index (χ4n) is 2.25. The molecule has 0 fully saturated rings. The maximum Gasteiger partial charge on any atom is 0.236 e. The first-order chi connectivity index (χ1) is 12.3. The first kappa shape index (κ1) is 19.8. The maximum absolute atomic E-state index is 12.9. The van der Waals surface area contributed by atoms with Crippen molar-refractivity contribution in [1.82, 2.24) is 9.62 Å². The van der Waals surface area contributed by atoms with Gasteiger partial charge in [-0.1, -0.05) is 42.5 Å². The van der Waals surface area contributed by atoms with Gasteiger partial charge >= 0.3 is 0 Å². The molecule has 1 amide bonds. The minimum Gasteiger partial charge on any atom is -0.348 e. The molecule has 0 heterocycles. The Morgan fingerprint density at radius 1 is 1.15 bits per heavy atom. The summed E-state index contributed by atoms with van der Waals surface area (Å²) in [7, 11) is -2.38. The number of amides is 1. The molecule has 26 heavy (non-hydrogen) atoms. The Morgan fingerprint density at radius 2 is 1.77 bits per heavy atom. The van der Waals surface area contributed by atoms with Gasteiger partial charge in [-0.2, -0.15) is 4.31 Å². The van der Waals surface area contributed by atoms with Crippen molar-refractivity contribution in [3.8, 4) is 0 Å². The van der Waals surface area contributed by atoms with Gasteiger partial charge in [-0.3, -0.25) is 4.79 Å². The van der Waals surface area contributed by atoms with Crippen LogP contribution in [0.5, 0.6) is 0 Å². The Morgan fingerprint density at radius 3 is 2.38 bits per heavy atom. The molecule has 2 rings (SSSR count). The summed E-state index contributed by atoms with van der Waals surface area (Å²) in [5.41, 5.74) is 1.48. The second-order valence-corrected chi connectivity index (χ2v) is 7.78. The smallest absolute Gasteiger partial charge is 0.236 e. The van der Waals surface area contributed by atoms with Crippen LogP contribution < -0.4 is 5.32 Å². The van der Waals surface area contributed by atoms with Crippen LogP contribution in [0.25, 0.3) is 6.08 Å². The van der Waals surface area contributed by atoms with Crippen molar-refractivity contribution in [1.29, 1.82) is 0 Å². The van der Waals surface area contributed by atoms with Gasteiger partial charge in [0, 0.05) is 12.5 Å². The summed E-state index contributed by atoms with van der Waals surface area (Å²) >= 11 is 0. The minimum atomic E-state index is -3.72. The third-order valence-electron chi connectivity index (χ3n) is 3.78. The van der Waals surface area contributed by atoms with Crippen LogP contribution in [0.4, 0.5) is 4.39 Å². The molecule has 0 aliphatic rings. The summed E-state index contributed by atoms with van der Waals surface area (Å²) in [5, 5.41) is 3.77. The molecular weight excluding hydrogens is 355 g/mol. The van der Waals surface area contributed by atoms with E-state index in [1.165, 1.54) is 25.3 Å². The molecule has 0 bridgehead atoms. The van der Waals surface area contributed by atoms with E-state index >= 15 is 0 Å². The van der Waals surface area contributed by atoms with Gasteiger partial charge in [0.15, 0.2) is 0 Å². The second kappa shape index (κ2) is 8.73. The van der Waals surface area contributed by atoms with Crippen LogP contribution in [-0.4, -0.2) is 32.2 Å². The van der Waals surface area contributed by atoms with E-state index in [-0.39, 0.29) is 18.4 Å². The largest absolute Gasteiger partial charge is 0.348 e. The molecule has 5 nitrogen and oxygen atoms in total. The molecule has 0 aromatic heterocycles. The molecule has 0 saturated carbocycles. The van der Waals surface area contributed by atoms with Crippen LogP contribution in [0.2, 0.25) is 0 Å². The van der Waals surface area contributed by atoms with E-state index in [0.717, 1.165) is 20.8 Å². The number of hydrogen-bond acceptors (Lipinski definition) is 3. The van der Waals surface area contributed by atoms with Crippen LogP contribution in [0, 0.1) is 5.82 Å². The average Bonchev–Trinajstić information content (AvgIpc) is 2.61. The number of hydrogen-bond donors (Lipinski definition) is 1. The van der Waals surface area contributed by atoms with Gasteiger partial charge in [-0.15, -0.1) is 0 Å². The van der Waals surface area contributed by atoms with Gasteiger partial charge in [-0.05, 0) is 36.3 Å². The standard InChI is InChI=1S/C19H21FN2O3S/c1-15(17-8-10-18(20)11-9-17)21-19(23)14-22(2)26(24,25)13-12-16-6-4-3-5-7-16/h3-13,15H,14H2,1-2H3,(H,21,23)/b13-12+/t15-/m0/s1. The highest BCUT2D eigenvalue weighted by Gasteiger charge is 2.19. The van der Waals surface area contributed by atoms with Crippen molar-refractivity contribution < 1.29 is 17.6 Å². The van der Waals surface area contributed by atoms with Gasteiger partial charge < -0.3 is 5.32 Å². The number of nitrogens with zero attached hydrogens (tertiary/aromatic N) is 1. The lowest BCUT2D eigenvalue weighted by Gasteiger charge is -2.18. The second-order valence-electron chi connectivity index (χ2n) is 5.86. The first-order valence-corrected chi connectivity index (χ1v) is 9.52. The van der Waals surface area contributed by atoms with Gasteiger partial charge in [-0.25, -0.2) is 12.8 Å². The SMILES string of the molecule is C[C@H](NC(=O)CN(C)S(=O)(=O)/C=C/c1ccccc1)c1ccc(F)cc1. The molecule has 138 valence electrons. The molecule has 0 aliphatic carbocycles. The predicted octanol–water partition coefficient (Wildman–Crippen LogP) is 2.94. The molecular formula is C19H21FN2O3S. The molecule has 0 spiro atoms. The van der Waals surface area contributed by atoms with Crippen molar-refractivity contribution in [2.24, 2.45) is 0 Å². The Bertz CT molecular complexity index is 865. The van der Waals surface area contributed by atoms with Crippen LogP contribution in [0.15, 0.2) is 60.0 Å². The fourth-order valence-corrected chi connectivity index (χ4v) is 3.08. The maximum atomic E-state index is 12.9. The highest BCUT2D eigenvalue weighted by atomic mass is 32.2. The number of halogens is 1. The van der Waals surface area contributed by atoms with E-state index in [0.29, 0.717) is 0 Å². The molecule has 1 atom stereocenters. The highest BCUT2D eigenvalue weighted by molar-refractivity contribution is 7.92. The van der Waals surface area contributed by atoms with Crippen LogP contribution in [0.1, 0.15) is 24.1 Å². The number of likely N-dealkylation sites (N-methyl/N-ethyl adjacent to an activating group) is 1. The van der Waals surface area contributed by atoms with Crippen molar-refractivity contribution in [2.75, 3.05) is 13.6 Å². The van der Waals surface area contributed by atoms with Gasteiger partial charge in [0.2, 0.25) is 15.9 Å². The number of nitrogens with one attached hydrogen (secondary N) is 1. The average molecular weight is 376 g/mol. The van der Waals surface area contributed by atoms with E-state index in [4.69, 9.17) is 0 Å². The third-order valence-corrected chi connectivity index (χ3v) is 5.26. The lowest BCUT2D eigenvalue weighted by molar-refractivity contribution is -0.121. The number of benzene rings is 2. The Balaban J connectivity index is 1.94. The molecule has 0 unspecified atom stereocenters. The molecule has 0 aliphatic heterocycles. The lowest BCUT2D eigenvalue weighted by atomic mass is 10.1. The third kappa shape index (κ3) is 5.79. The van der Waals surface area contributed by atoms with E-state index in [1.807, 2.05) is 6.07 Å². The van der Waals surface area contributed by atoms with Crippen molar-refractivity contribution >= 4 is 22.0 Å².